The van der Waals surface area contributed by atoms with Crippen molar-refractivity contribution in [2.24, 2.45) is 17.6 Å². The van der Waals surface area contributed by atoms with Gasteiger partial charge in [-0.3, -0.25) is 4.79 Å². The molecule has 10 heteroatoms. The zero-order valence-corrected chi connectivity index (χ0v) is 22.1. The van der Waals surface area contributed by atoms with Gasteiger partial charge >= 0.3 is 0 Å². The quantitative estimate of drug-likeness (QED) is 0.392. The van der Waals surface area contributed by atoms with Crippen LogP contribution < -0.4 is 10.5 Å². The van der Waals surface area contributed by atoms with Crippen LogP contribution in [0, 0.1) is 24.6 Å². The number of pyridine rings is 1. The summed E-state index contributed by atoms with van der Waals surface area (Å²) >= 11 is 1.33. The fraction of sp³-hybridized carbons (Fsp3) is 0.321. The molecule has 4 heterocycles. The first-order chi connectivity index (χ1) is 18.2. The molecule has 1 aliphatic carbocycles. The number of hydrogen-bond donors (Lipinski definition) is 1. The summed E-state index contributed by atoms with van der Waals surface area (Å²) in [5.74, 6) is 1.19. The second-order valence-electron chi connectivity index (χ2n) is 10.4. The number of halogens is 1. The summed E-state index contributed by atoms with van der Waals surface area (Å²) in [4.78, 5) is 33.5. The number of hydrogen-bond acceptors (Lipinski definition) is 8. The molecule has 1 saturated heterocycles. The summed E-state index contributed by atoms with van der Waals surface area (Å²) in [5, 5.41) is 0.641. The molecule has 194 valence electrons. The fourth-order valence-corrected chi connectivity index (χ4v) is 5.88. The van der Waals surface area contributed by atoms with Crippen LogP contribution in [0.3, 0.4) is 0 Å². The van der Waals surface area contributed by atoms with Crippen molar-refractivity contribution in [1.82, 2.24) is 24.8 Å². The molecule has 2 aliphatic rings. The third-order valence-corrected chi connectivity index (χ3v) is 8.19. The summed E-state index contributed by atoms with van der Waals surface area (Å²) in [5.41, 5.74) is 8.79. The number of thiazole rings is 1. The Bertz CT molecular complexity index is 1490. The fourth-order valence-electron chi connectivity index (χ4n) is 4.90. The highest BCUT2D eigenvalue weighted by atomic mass is 32.1. The number of benzene rings is 1. The minimum atomic E-state index is -0.674. The highest BCUT2D eigenvalue weighted by Crippen LogP contribution is 2.48. The zero-order chi connectivity index (χ0) is 26.6. The van der Waals surface area contributed by atoms with Gasteiger partial charge in [0.05, 0.1) is 16.9 Å². The first-order valence-corrected chi connectivity index (χ1v) is 13.3. The Labute approximate surface area is 223 Å². The van der Waals surface area contributed by atoms with Gasteiger partial charge in [-0.05, 0) is 56.2 Å². The van der Waals surface area contributed by atoms with Crippen LogP contribution in [0.25, 0.3) is 22.0 Å². The second-order valence-corrected chi connectivity index (χ2v) is 11.4. The van der Waals surface area contributed by atoms with E-state index in [2.05, 4.69) is 19.9 Å². The number of carbonyl (C=O) groups excluding carboxylic acids is 1. The smallest absolute Gasteiger partial charge is 0.265 e. The van der Waals surface area contributed by atoms with Crippen LogP contribution in [0.5, 0.6) is 5.88 Å². The molecule has 3 aromatic heterocycles. The molecule has 0 bridgehead atoms. The van der Waals surface area contributed by atoms with Gasteiger partial charge in [0.25, 0.3) is 5.91 Å². The average Bonchev–Trinajstić information content (AvgIpc) is 3.22. The van der Waals surface area contributed by atoms with Crippen LogP contribution in [0.1, 0.15) is 34.9 Å². The van der Waals surface area contributed by atoms with Gasteiger partial charge in [-0.2, -0.15) is 0 Å². The number of fused-ring (bicyclic) bond motifs is 1. The van der Waals surface area contributed by atoms with Crippen LogP contribution in [0.15, 0.2) is 54.9 Å². The van der Waals surface area contributed by atoms with Gasteiger partial charge in [0.2, 0.25) is 5.88 Å². The maximum absolute atomic E-state index is 13.5. The Hall–Kier alpha value is -3.76. The van der Waals surface area contributed by atoms with E-state index in [0.29, 0.717) is 46.1 Å². The largest absolute Gasteiger partial charge is 0.474 e. The maximum atomic E-state index is 13.5. The van der Waals surface area contributed by atoms with E-state index in [1.54, 1.807) is 30.6 Å². The molecule has 4 aromatic rings. The predicted octanol–water partition coefficient (Wildman–Crippen LogP) is 4.45. The van der Waals surface area contributed by atoms with Crippen LogP contribution >= 0.6 is 11.3 Å². The number of nitrogens with two attached hydrogens (primary N) is 1. The molecule has 1 saturated carbocycles. The molecule has 2 N–H and O–H groups in total. The third-order valence-electron chi connectivity index (χ3n) is 7.05. The summed E-state index contributed by atoms with van der Waals surface area (Å²) in [6, 6.07) is 11.9. The SMILES string of the molecule is Cc1nc(-c2ncccn2)sc1C(=O)N1C[C@@H]2[C@H](C1)[C@@H]2Oc1cc(-c2ccc(F)cc2)cc(C(C)(C)N)n1. The lowest BCUT2D eigenvalue weighted by Crippen LogP contribution is -2.33. The van der Waals surface area contributed by atoms with E-state index in [4.69, 9.17) is 10.5 Å². The molecular weight excluding hydrogens is 503 g/mol. The van der Waals surface area contributed by atoms with E-state index < -0.39 is 5.54 Å². The highest BCUT2D eigenvalue weighted by molar-refractivity contribution is 7.17. The molecule has 0 radical (unpaired) electrons. The lowest BCUT2D eigenvalue weighted by molar-refractivity contribution is 0.0755. The first kappa shape index (κ1) is 24.6. The Kier molecular flexibility index (Phi) is 5.96. The van der Waals surface area contributed by atoms with Crippen molar-refractivity contribution < 1.29 is 13.9 Å². The Morgan fingerprint density at radius 1 is 1.08 bits per heavy atom. The number of piperidine rings is 1. The number of aryl methyl sites for hydroxylation is 1. The molecule has 38 heavy (non-hydrogen) atoms. The molecule has 1 aromatic carbocycles. The van der Waals surface area contributed by atoms with Crippen LogP contribution in [0.2, 0.25) is 0 Å². The van der Waals surface area contributed by atoms with Crippen molar-refractivity contribution in [3.63, 3.8) is 0 Å². The minimum Gasteiger partial charge on any atom is -0.474 e. The number of amides is 1. The van der Waals surface area contributed by atoms with Gasteiger partial charge in [-0.1, -0.05) is 12.1 Å². The molecule has 1 aliphatic heterocycles. The number of nitrogens with zero attached hydrogens (tertiary/aromatic N) is 5. The monoisotopic (exact) mass is 530 g/mol. The summed E-state index contributed by atoms with van der Waals surface area (Å²) in [6.07, 6.45) is 3.31. The molecule has 1 amide bonds. The number of ether oxygens (including phenoxy) is 1. The molecule has 2 fully saturated rings. The number of rotatable bonds is 6. The van der Waals surface area contributed by atoms with Crippen molar-refractivity contribution in [1.29, 1.82) is 0 Å². The maximum Gasteiger partial charge on any atom is 0.265 e. The molecular formula is C28H27FN6O2S. The standard InChI is InChI=1S/C28H27FN6O2S/c1-15-24(38-26(33-15)25-31-9-4-10-32-25)27(36)35-13-19-20(14-35)23(19)37-22-12-17(11-21(34-22)28(2,3)30)16-5-7-18(29)8-6-16/h4-12,19-20,23H,13-14,30H2,1-3H3/t19-,20+,23-. The van der Waals surface area contributed by atoms with Crippen molar-refractivity contribution in [2.75, 3.05) is 13.1 Å². The van der Waals surface area contributed by atoms with Crippen molar-refractivity contribution in [3.05, 3.63) is 76.9 Å². The van der Waals surface area contributed by atoms with E-state index in [1.165, 1.54) is 23.5 Å². The Morgan fingerprint density at radius 2 is 1.76 bits per heavy atom. The molecule has 3 atom stereocenters. The zero-order valence-electron chi connectivity index (χ0n) is 21.3. The lowest BCUT2D eigenvalue weighted by atomic mass is 9.97. The second kappa shape index (κ2) is 9.21. The van der Waals surface area contributed by atoms with Gasteiger partial charge in [0.15, 0.2) is 10.8 Å². The summed E-state index contributed by atoms with van der Waals surface area (Å²) < 4.78 is 19.8. The van der Waals surface area contributed by atoms with Gasteiger partial charge in [-0.15, -0.1) is 11.3 Å². The topological polar surface area (TPSA) is 107 Å². The van der Waals surface area contributed by atoms with Gasteiger partial charge < -0.3 is 15.4 Å². The summed E-state index contributed by atoms with van der Waals surface area (Å²) in [7, 11) is 0. The van der Waals surface area contributed by atoms with Gasteiger partial charge in [-0.25, -0.2) is 24.3 Å². The van der Waals surface area contributed by atoms with Crippen molar-refractivity contribution in [3.8, 4) is 27.8 Å². The highest BCUT2D eigenvalue weighted by Gasteiger charge is 2.59. The van der Waals surface area contributed by atoms with E-state index in [0.717, 1.165) is 11.1 Å². The number of carbonyl (C=O) groups is 1. The lowest BCUT2D eigenvalue weighted by Gasteiger charge is -2.22. The minimum absolute atomic E-state index is 0.0143. The van der Waals surface area contributed by atoms with Gasteiger partial charge in [0.1, 0.15) is 16.8 Å². The van der Waals surface area contributed by atoms with E-state index in [9.17, 15) is 9.18 Å². The molecule has 8 nitrogen and oxygen atoms in total. The van der Waals surface area contributed by atoms with Crippen LogP contribution in [-0.2, 0) is 5.54 Å². The van der Waals surface area contributed by atoms with E-state index >= 15 is 0 Å². The number of aromatic nitrogens is 4. The summed E-state index contributed by atoms with van der Waals surface area (Å²) in [6.45, 7) is 6.86. The van der Waals surface area contributed by atoms with Crippen molar-refractivity contribution in [2.45, 2.75) is 32.4 Å². The van der Waals surface area contributed by atoms with E-state index in [1.807, 2.05) is 37.8 Å². The molecule has 0 unspecified atom stereocenters. The Morgan fingerprint density at radius 3 is 2.42 bits per heavy atom. The average molecular weight is 531 g/mol. The van der Waals surface area contributed by atoms with E-state index in [-0.39, 0.29) is 29.7 Å². The number of likely N-dealkylation sites (tertiary alicyclic amines) is 1. The van der Waals surface area contributed by atoms with Crippen LogP contribution in [-0.4, -0.2) is 49.9 Å². The van der Waals surface area contributed by atoms with Gasteiger partial charge in [0, 0.05) is 43.4 Å². The third kappa shape index (κ3) is 4.65. The van der Waals surface area contributed by atoms with Crippen LogP contribution in [0.4, 0.5) is 4.39 Å². The molecule has 0 spiro atoms. The Balaban J connectivity index is 1.16. The first-order valence-electron chi connectivity index (χ1n) is 12.5. The van der Waals surface area contributed by atoms with Crippen molar-refractivity contribution >= 4 is 17.2 Å². The normalized spacial score (nSPS) is 20.3. The predicted molar refractivity (Wildman–Crippen MR) is 142 cm³/mol. The molecule has 6 rings (SSSR count).